The number of nitrogens with zero attached hydrogens (tertiary/aromatic N) is 3. The Balaban J connectivity index is 1.70. The summed E-state index contributed by atoms with van der Waals surface area (Å²) in [5.74, 6) is -0.265. The van der Waals surface area contributed by atoms with Gasteiger partial charge in [-0.3, -0.25) is 9.48 Å². The van der Waals surface area contributed by atoms with Crippen LogP contribution >= 0.6 is 0 Å². The van der Waals surface area contributed by atoms with Crippen molar-refractivity contribution in [3.63, 3.8) is 0 Å². The Labute approximate surface area is 128 Å². The van der Waals surface area contributed by atoms with E-state index in [2.05, 4.69) is 5.10 Å². The van der Waals surface area contributed by atoms with Crippen molar-refractivity contribution in [2.24, 2.45) is 0 Å². The van der Waals surface area contributed by atoms with Gasteiger partial charge in [0.1, 0.15) is 18.0 Å². The monoisotopic (exact) mass is 303 g/mol. The highest BCUT2D eigenvalue weighted by atomic mass is 19.1. The van der Waals surface area contributed by atoms with E-state index in [1.54, 1.807) is 40.2 Å². The third kappa shape index (κ3) is 3.01. The van der Waals surface area contributed by atoms with Gasteiger partial charge in [0.2, 0.25) is 5.91 Å². The van der Waals surface area contributed by atoms with Crippen molar-refractivity contribution in [3.8, 4) is 0 Å². The van der Waals surface area contributed by atoms with E-state index >= 15 is 0 Å². The van der Waals surface area contributed by atoms with E-state index in [9.17, 15) is 9.18 Å². The Morgan fingerprint density at radius 1 is 1.41 bits per heavy atom. The number of rotatable bonds is 3. The molecular formula is C16H18FN3O2. The van der Waals surface area contributed by atoms with Crippen LogP contribution in [0.3, 0.4) is 0 Å². The Kier molecular flexibility index (Phi) is 4.20. The zero-order chi connectivity index (χ0) is 15.5. The molecule has 1 aromatic carbocycles. The molecule has 1 fully saturated rings. The molecule has 3 rings (SSSR count). The van der Waals surface area contributed by atoms with E-state index in [4.69, 9.17) is 4.74 Å². The second-order valence-corrected chi connectivity index (χ2v) is 5.36. The first-order chi connectivity index (χ1) is 10.6. The summed E-state index contributed by atoms with van der Waals surface area (Å²) in [5.41, 5.74) is 0.880. The molecule has 2 aromatic rings. The minimum Gasteiger partial charge on any atom is -0.370 e. The van der Waals surface area contributed by atoms with Crippen molar-refractivity contribution in [1.29, 1.82) is 0 Å². The first-order valence-electron chi connectivity index (χ1n) is 7.30. The lowest BCUT2D eigenvalue weighted by Gasteiger charge is -2.34. The van der Waals surface area contributed by atoms with Crippen molar-refractivity contribution in [2.75, 3.05) is 19.7 Å². The summed E-state index contributed by atoms with van der Waals surface area (Å²) in [6.45, 7) is 3.33. The molecule has 0 unspecified atom stereocenters. The van der Waals surface area contributed by atoms with Gasteiger partial charge in [0, 0.05) is 18.9 Å². The summed E-state index contributed by atoms with van der Waals surface area (Å²) < 4.78 is 20.4. The summed E-state index contributed by atoms with van der Waals surface area (Å²) >= 11 is 0. The standard InChI is InChI=1S/C16H18FN3O2/c1-12(20-8-2-7-18-20)16(21)19-9-10-22-15(11-19)13-3-5-14(17)6-4-13/h2-8,12,15H,9-11H2,1H3/t12-,15+/m1/s1. The fraction of sp³-hybridized carbons (Fsp3) is 0.375. The third-order valence-corrected chi connectivity index (χ3v) is 3.90. The molecule has 0 bridgehead atoms. The van der Waals surface area contributed by atoms with Gasteiger partial charge in [0.05, 0.1) is 13.2 Å². The Morgan fingerprint density at radius 3 is 2.86 bits per heavy atom. The minimum absolute atomic E-state index is 0.0131. The molecule has 0 radical (unpaired) electrons. The van der Waals surface area contributed by atoms with Crippen LogP contribution < -0.4 is 0 Å². The summed E-state index contributed by atoms with van der Waals surface area (Å²) in [5, 5.41) is 4.12. The average Bonchev–Trinajstić information content (AvgIpc) is 3.09. The summed E-state index contributed by atoms with van der Waals surface area (Å²) in [7, 11) is 0. The maximum absolute atomic E-state index is 13.0. The average molecular weight is 303 g/mol. The summed E-state index contributed by atoms with van der Waals surface area (Å²) in [6, 6.07) is 7.67. The molecule has 0 aliphatic carbocycles. The zero-order valence-electron chi connectivity index (χ0n) is 12.4. The van der Waals surface area contributed by atoms with Gasteiger partial charge in [-0.15, -0.1) is 0 Å². The molecule has 0 saturated carbocycles. The normalized spacial score (nSPS) is 19.9. The van der Waals surface area contributed by atoms with Crippen molar-refractivity contribution in [3.05, 3.63) is 54.1 Å². The molecular weight excluding hydrogens is 285 g/mol. The Bertz CT molecular complexity index is 627. The molecule has 116 valence electrons. The molecule has 0 N–H and O–H groups in total. The number of carbonyl (C=O) groups excluding carboxylic acids is 1. The molecule has 1 saturated heterocycles. The second-order valence-electron chi connectivity index (χ2n) is 5.36. The smallest absolute Gasteiger partial charge is 0.247 e. The van der Waals surface area contributed by atoms with Gasteiger partial charge in [-0.1, -0.05) is 12.1 Å². The van der Waals surface area contributed by atoms with E-state index in [1.165, 1.54) is 12.1 Å². The molecule has 22 heavy (non-hydrogen) atoms. The van der Waals surface area contributed by atoms with Gasteiger partial charge < -0.3 is 9.64 Å². The van der Waals surface area contributed by atoms with Crippen LogP contribution in [-0.2, 0) is 9.53 Å². The number of ether oxygens (including phenoxy) is 1. The Morgan fingerprint density at radius 2 is 2.18 bits per heavy atom. The SMILES string of the molecule is C[C@H](C(=O)N1CCO[C@H](c2ccc(F)cc2)C1)n1cccn1. The molecule has 1 aliphatic heterocycles. The maximum Gasteiger partial charge on any atom is 0.247 e. The van der Waals surface area contributed by atoms with Gasteiger partial charge in [0.15, 0.2) is 0 Å². The zero-order valence-corrected chi connectivity index (χ0v) is 12.4. The van der Waals surface area contributed by atoms with E-state index in [-0.39, 0.29) is 23.9 Å². The molecule has 1 amide bonds. The fourth-order valence-corrected chi connectivity index (χ4v) is 2.62. The lowest BCUT2D eigenvalue weighted by Crippen LogP contribution is -2.45. The van der Waals surface area contributed by atoms with Crippen molar-refractivity contribution in [2.45, 2.75) is 19.1 Å². The van der Waals surface area contributed by atoms with Gasteiger partial charge in [-0.05, 0) is 30.7 Å². The molecule has 1 aliphatic rings. The largest absolute Gasteiger partial charge is 0.370 e. The Hall–Kier alpha value is -2.21. The van der Waals surface area contributed by atoms with Gasteiger partial charge in [0.25, 0.3) is 0 Å². The lowest BCUT2D eigenvalue weighted by molar-refractivity contribution is -0.142. The molecule has 0 spiro atoms. The van der Waals surface area contributed by atoms with Gasteiger partial charge >= 0.3 is 0 Å². The predicted octanol–water partition coefficient (Wildman–Crippen LogP) is 2.18. The highest BCUT2D eigenvalue weighted by Crippen LogP contribution is 2.24. The van der Waals surface area contributed by atoms with Gasteiger partial charge in [-0.25, -0.2) is 4.39 Å². The molecule has 2 heterocycles. The number of benzene rings is 1. The number of aromatic nitrogens is 2. The van der Waals surface area contributed by atoms with Crippen LogP contribution in [0.4, 0.5) is 4.39 Å². The number of morpholine rings is 1. The number of amides is 1. The maximum atomic E-state index is 13.0. The van der Waals surface area contributed by atoms with Crippen LogP contribution in [0.1, 0.15) is 24.6 Å². The lowest BCUT2D eigenvalue weighted by atomic mass is 10.1. The fourth-order valence-electron chi connectivity index (χ4n) is 2.62. The number of halogens is 1. The van der Waals surface area contributed by atoms with Crippen molar-refractivity contribution >= 4 is 5.91 Å². The highest BCUT2D eigenvalue weighted by Gasteiger charge is 2.29. The van der Waals surface area contributed by atoms with E-state index in [1.807, 2.05) is 6.92 Å². The van der Waals surface area contributed by atoms with Gasteiger partial charge in [-0.2, -0.15) is 5.10 Å². The minimum atomic E-state index is -0.345. The summed E-state index contributed by atoms with van der Waals surface area (Å²) in [4.78, 5) is 14.4. The predicted molar refractivity (Wildman–Crippen MR) is 78.6 cm³/mol. The quantitative estimate of drug-likeness (QED) is 0.873. The van der Waals surface area contributed by atoms with Crippen LogP contribution in [0.15, 0.2) is 42.7 Å². The van der Waals surface area contributed by atoms with Crippen LogP contribution in [0, 0.1) is 5.82 Å². The van der Waals surface area contributed by atoms with Crippen LogP contribution in [0.25, 0.3) is 0 Å². The van der Waals surface area contributed by atoms with E-state index in [0.29, 0.717) is 19.7 Å². The number of hydrogen-bond donors (Lipinski definition) is 0. The molecule has 5 nitrogen and oxygen atoms in total. The number of hydrogen-bond acceptors (Lipinski definition) is 3. The highest BCUT2D eigenvalue weighted by molar-refractivity contribution is 5.80. The van der Waals surface area contributed by atoms with Crippen LogP contribution in [0.5, 0.6) is 0 Å². The first kappa shape index (κ1) is 14.7. The van der Waals surface area contributed by atoms with Crippen molar-refractivity contribution < 1.29 is 13.9 Å². The molecule has 1 aromatic heterocycles. The summed E-state index contributed by atoms with van der Waals surface area (Å²) in [6.07, 6.45) is 3.22. The van der Waals surface area contributed by atoms with Crippen LogP contribution in [-0.4, -0.2) is 40.3 Å². The van der Waals surface area contributed by atoms with E-state index in [0.717, 1.165) is 5.56 Å². The van der Waals surface area contributed by atoms with Crippen molar-refractivity contribution in [1.82, 2.24) is 14.7 Å². The first-order valence-corrected chi connectivity index (χ1v) is 7.30. The number of carbonyl (C=O) groups is 1. The topological polar surface area (TPSA) is 47.4 Å². The molecule has 2 atom stereocenters. The third-order valence-electron chi connectivity index (χ3n) is 3.90. The molecule has 6 heteroatoms. The van der Waals surface area contributed by atoms with Crippen LogP contribution in [0.2, 0.25) is 0 Å². The second kappa shape index (κ2) is 6.27. The van der Waals surface area contributed by atoms with E-state index < -0.39 is 0 Å².